The van der Waals surface area contributed by atoms with Gasteiger partial charge in [-0.25, -0.2) is 9.97 Å². The van der Waals surface area contributed by atoms with Gasteiger partial charge in [0.1, 0.15) is 11.7 Å². The van der Waals surface area contributed by atoms with E-state index in [2.05, 4.69) is 20.6 Å². The molecule has 5 nitrogen and oxygen atoms in total. The van der Waals surface area contributed by atoms with E-state index in [9.17, 15) is 18.0 Å². The fourth-order valence-corrected chi connectivity index (χ4v) is 1.25. The molecule has 1 atom stereocenters. The van der Waals surface area contributed by atoms with Crippen molar-refractivity contribution in [2.75, 3.05) is 5.32 Å². The number of amides is 1. The molecule has 0 saturated heterocycles. The van der Waals surface area contributed by atoms with Crippen molar-refractivity contribution in [3.8, 4) is 0 Å². The molecule has 0 aromatic carbocycles. The fourth-order valence-electron chi connectivity index (χ4n) is 1.25. The number of hydrogen-bond donors (Lipinski definition) is 2. The van der Waals surface area contributed by atoms with E-state index >= 15 is 0 Å². The first-order valence-corrected chi connectivity index (χ1v) is 5.67. The molecule has 106 valence electrons. The van der Waals surface area contributed by atoms with Crippen LogP contribution in [0.3, 0.4) is 0 Å². The molecule has 0 bridgehead atoms. The van der Waals surface area contributed by atoms with Crippen molar-refractivity contribution in [2.24, 2.45) is 0 Å². The van der Waals surface area contributed by atoms with E-state index in [0.717, 1.165) is 12.3 Å². The minimum atomic E-state index is -4.54. The molecular formula is C11H15F3N4O. The van der Waals surface area contributed by atoms with Crippen molar-refractivity contribution >= 4 is 11.9 Å². The number of anilines is 1. The van der Waals surface area contributed by atoms with Crippen LogP contribution >= 0.6 is 0 Å². The van der Waals surface area contributed by atoms with Gasteiger partial charge in [-0.1, -0.05) is 0 Å². The summed E-state index contributed by atoms with van der Waals surface area (Å²) >= 11 is 0. The molecule has 2 N–H and O–H groups in total. The molecule has 8 heteroatoms. The van der Waals surface area contributed by atoms with Gasteiger partial charge in [0.15, 0.2) is 0 Å². The molecule has 1 rings (SSSR count). The Kier molecular flexibility index (Phi) is 4.68. The lowest BCUT2D eigenvalue weighted by molar-refractivity contribution is -0.141. The molecule has 1 heterocycles. The van der Waals surface area contributed by atoms with E-state index in [0.29, 0.717) is 0 Å². The first kappa shape index (κ1) is 15.2. The van der Waals surface area contributed by atoms with Gasteiger partial charge in [0.2, 0.25) is 11.9 Å². The Morgan fingerprint density at radius 1 is 1.32 bits per heavy atom. The van der Waals surface area contributed by atoms with Gasteiger partial charge in [-0.15, -0.1) is 0 Å². The number of hydrogen-bond acceptors (Lipinski definition) is 4. The Morgan fingerprint density at radius 3 is 2.47 bits per heavy atom. The molecule has 0 spiro atoms. The lowest BCUT2D eigenvalue weighted by Crippen LogP contribution is -2.41. The molecule has 0 fully saturated rings. The van der Waals surface area contributed by atoms with Gasteiger partial charge >= 0.3 is 6.18 Å². The van der Waals surface area contributed by atoms with E-state index in [1.165, 1.54) is 6.92 Å². The molecule has 0 radical (unpaired) electrons. The predicted octanol–water partition coefficient (Wildman–Crippen LogP) is 1.82. The maximum absolute atomic E-state index is 12.4. The van der Waals surface area contributed by atoms with Gasteiger partial charge in [-0.2, -0.15) is 13.2 Å². The van der Waals surface area contributed by atoms with Crippen molar-refractivity contribution in [1.82, 2.24) is 15.3 Å². The zero-order valence-electron chi connectivity index (χ0n) is 10.7. The highest BCUT2D eigenvalue weighted by Crippen LogP contribution is 2.27. The molecule has 1 unspecified atom stereocenters. The van der Waals surface area contributed by atoms with E-state index in [-0.39, 0.29) is 17.9 Å². The van der Waals surface area contributed by atoms with Crippen LogP contribution in [0.1, 0.15) is 26.5 Å². The average Bonchev–Trinajstić information content (AvgIpc) is 2.27. The molecule has 0 aliphatic carbocycles. The van der Waals surface area contributed by atoms with Gasteiger partial charge in [-0.05, 0) is 26.8 Å². The Balaban J connectivity index is 2.75. The highest BCUT2D eigenvalue weighted by molar-refractivity contribution is 5.83. The number of nitrogens with one attached hydrogen (secondary N) is 2. The average molecular weight is 276 g/mol. The van der Waals surface area contributed by atoms with Gasteiger partial charge < -0.3 is 10.6 Å². The highest BCUT2D eigenvalue weighted by atomic mass is 19.4. The summed E-state index contributed by atoms with van der Waals surface area (Å²) in [5.74, 6) is -0.572. The largest absolute Gasteiger partial charge is 0.433 e. The van der Waals surface area contributed by atoms with E-state index in [4.69, 9.17) is 0 Å². The van der Waals surface area contributed by atoms with Crippen LogP contribution in [0.4, 0.5) is 19.1 Å². The normalized spacial score (nSPS) is 13.2. The Labute approximate surface area is 108 Å². The SMILES string of the molecule is CC(C)NC(=O)C(C)Nc1nccc(C(F)(F)F)n1. The van der Waals surface area contributed by atoms with Crippen LogP contribution in [-0.2, 0) is 11.0 Å². The van der Waals surface area contributed by atoms with Crippen LogP contribution < -0.4 is 10.6 Å². The number of halogens is 3. The van der Waals surface area contributed by atoms with Crippen LogP contribution in [0, 0.1) is 0 Å². The maximum Gasteiger partial charge on any atom is 0.433 e. The molecule has 0 saturated carbocycles. The lowest BCUT2D eigenvalue weighted by atomic mass is 10.3. The van der Waals surface area contributed by atoms with Crippen molar-refractivity contribution in [3.63, 3.8) is 0 Å². The standard InChI is InChI=1S/C11H15F3N4O/c1-6(2)16-9(19)7(3)17-10-15-5-4-8(18-10)11(12,13)14/h4-7H,1-3H3,(H,16,19)(H,15,17,18). The van der Waals surface area contributed by atoms with E-state index in [1.807, 2.05) is 0 Å². The fraction of sp³-hybridized carbons (Fsp3) is 0.545. The van der Waals surface area contributed by atoms with E-state index < -0.39 is 17.9 Å². The van der Waals surface area contributed by atoms with Crippen molar-refractivity contribution < 1.29 is 18.0 Å². The summed E-state index contributed by atoms with van der Waals surface area (Å²) in [5.41, 5.74) is -1.05. The third-order valence-corrected chi connectivity index (χ3v) is 2.12. The number of carbonyl (C=O) groups excluding carboxylic acids is 1. The highest BCUT2D eigenvalue weighted by Gasteiger charge is 2.33. The summed E-state index contributed by atoms with van der Waals surface area (Å²) in [6, 6.07) is -0.0191. The van der Waals surface area contributed by atoms with Crippen LogP contribution in [0.5, 0.6) is 0 Å². The van der Waals surface area contributed by atoms with Gasteiger partial charge in [0.05, 0.1) is 0 Å². The van der Waals surface area contributed by atoms with Crippen molar-refractivity contribution in [1.29, 1.82) is 0 Å². The van der Waals surface area contributed by atoms with Crippen molar-refractivity contribution in [3.05, 3.63) is 18.0 Å². The number of nitrogens with zero attached hydrogens (tertiary/aromatic N) is 2. The third-order valence-electron chi connectivity index (χ3n) is 2.12. The number of carbonyl (C=O) groups is 1. The number of alkyl halides is 3. The van der Waals surface area contributed by atoms with Crippen molar-refractivity contribution in [2.45, 2.75) is 39.0 Å². The lowest BCUT2D eigenvalue weighted by Gasteiger charge is -2.16. The first-order valence-electron chi connectivity index (χ1n) is 5.67. The van der Waals surface area contributed by atoms with Crippen LogP contribution in [0.25, 0.3) is 0 Å². The predicted molar refractivity (Wildman–Crippen MR) is 63.4 cm³/mol. The quantitative estimate of drug-likeness (QED) is 0.880. The smallest absolute Gasteiger partial charge is 0.352 e. The summed E-state index contributed by atoms with van der Waals surface area (Å²) in [7, 11) is 0. The van der Waals surface area contributed by atoms with Gasteiger partial charge in [0.25, 0.3) is 0 Å². The number of aromatic nitrogens is 2. The van der Waals surface area contributed by atoms with Crippen LogP contribution in [0.2, 0.25) is 0 Å². The zero-order valence-corrected chi connectivity index (χ0v) is 10.7. The topological polar surface area (TPSA) is 66.9 Å². The van der Waals surface area contributed by atoms with Gasteiger partial charge in [-0.3, -0.25) is 4.79 Å². The zero-order chi connectivity index (χ0) is 14.6. The molecule has 0 aliphatic heterocycles. The molecule has 1 aromatic rings. The van der Waals surface area contributed by atoms with Gasteiger partial charge in [0, 0.05) is 12.2 Å². The second-order valence-electron chi connectivity index (χ2n) is 4.29. The maximum atomic E-state index is 12.4. The van der Waals surface area contributed by atoms with Crippen LogP contribution in [0.15, 0.2) is 12.3 Å². The molecule has 1 amide bonds. The summed E-state index contributed by atoms with van der Waals surface area (Å²) in [4.78, 5) is 18.6. The molecule has 19 heavy (non-hydrogen) atoms. The Morgan fingerprint density at radius 2 is 1.95 bits per heavy atom. The molecule has 0 aliphatic rings. The monoisotopic (exact) mass is 276 g/mol. The second-order valence-corrected chi connectivity index (χ2v) is 4.29. The first-order chi connectivity index (χ1) is 8.70. The van der Waals surface area contributed by atoms with E-state index in [1.54, 1.807) is 13.8 Å². The third kappa shape index (κ3) is 4.72. The second kappa shape index (κ2) is 5.85. The summed E-state index contributed by atoms with van der Waals surface area (Å²) in [6.45, 7) is 5.08. The number of rotatable bonds is 4. The minimum absolute atomic E-state index is 0.0563. The summed E-state index contributed by atoms with van der Waals surface area (Å²) in [6.07, 6.45) is -3.55. The summed E-state index contributed by atoms with van der Waals surface area (Å²) < 4.78 is 37.3. The Bertz CT molecular complexity index is 448. The minimum Gasteiger partial charge on any atom is -0.352 e. The summed E-state index contributed by atoms with van der Waals surface area (Å²) in [5, 5.41) is 5.15. The van der Waals surface area contributed by atoms with Crippen LogP contribution in [-0.4, -0.2) is 28.0 Å². The molecular weight excluding hydrogens is 261 g/mol. The molecule has 1 aromatic heterocycles. The Hall–Kier alpha value is -1.86.